The van der Waals surface area contributed by atoms with Gasteiger partial charge in [0.1, 0.15) is 5.82 Å². The summed E-state index contributed by atoms with van der Waals surface area (Å²) < 4.78 is 20.8. The predicted molar refractivity (Wildman–Crippen MR) is 133 cm³/mol. The highest BCUT2D eigenvalue weighted by Crippen LogP contribution is 2.25. The number of hydrogen-bond donors (Lipinski definition) is 2. The van der Waals surface area contributed by atoms with Gasteiger partial charge in [0.15, 0.2) is 11.0 Å². The SMILES string of the molecule is CC(=O)Nc1ccc(NC(=O)CSc2nnc(-c3ccc(F)cc3)n2CCN2CCOCC2)cc1. The summed E-state index contributed by atoms with van der Waals surface area (Å²) in [5.74, 6) is 0.121. The van der Waals surface area contributed by atoms with E-state index in [0.29, 0.717) is 42.1 Å². The van der Waals surface area contributed by atoms with Crippen molar-refractivity contribution in [2.75, 3.05) is 49.2 Å². The first-order valence-electron chi connectivity index (χ1n) is 11.3. The van der Waals surface area contributed by atoms with Crippen LogP contribution in [-0.2, 0) is 20.9 Å². The largest absolute Gasteiger partial charge is 0.379 e. The van der Waals surface area contributed by atoms with Crippen molar-refractivity contribution in [2.24, 2.45) is 0 Å². The van der Waals surface area contributed by atoms with E-state index in [2.05, 4.69) is 25.7 Å². The standard InChI is InChI=1S/C24H27FN6O3S/c1-17(32)26-20-6-8-21(9-7-20)27-22(33)16-35-24-29-28-23(18-2-4-19(25)5-3-18)31(24)11-10-30-12-14-34-15-13-30/h2-9H,10-16H2,1H3,(H,26,32)(H,27,33). The van der Waals surface area contributed by atoms with E-state index >= 15 is 0 Å². The highest BCUT2D eigenvalue weighted by atomic mass is 32.2. The van der Waals surface area contributed by atoms with Crippen LogP contribution >= 0.6 is 11.8 Å². The van der Waals surface area contributed by atoms with Crippen molar-refractivity contribution >= 4 is 35.0 Å². The Morgan fingerprint density at radius 1 is 0.971 bits per heavy atom. The molecule has 9 nitrogen and oxygen atoms in total. The Morgan fingerprint density at radius 3 is 2.29 bits per heavy atom. The highest BCUT2D eigenvalue weighted by Gasteiger charge is 2.18. The predicted octanol–water partition coefficient (Wildman–Crippen LogP) is 3.11. The Kier molecular flexibility index (Phi) is 8.45. The van der Waals surface area contributed by atoms with Crippen molar-refractivity contribution in [3.05, 3.63) is 54.3 Å². The van der Waals surface area contributed by atoms with E-state index in [1.807, 2.05) is 4.57 Å². The normalized spacial score (nSPS) is 14.0. The molecule has 0 atom stereocenters. The van der Waals surface area contributed by atoms with E-state index in [9.17, 15) is 14.0 Å². The summed E-state index contributed by atoms with van der Waals surface area (Å²) in [7, 11) is 0. The van der Waals surface area contributed by atoms with Crippen LogP contribution in [0.3, 0.4) is 0 Å². The molecule has 2 aromatic carbocycles. The lowest BCUT2D eigenvalue weighted by Crippen LogP contribution is -2.38. The summed E-state index contributed by atoms with van der Waals surface area (Å²) in [6.07, 6.45) is 0. The molecule has 2 heterocycles. The van der Waals surface area contributed by atoms with E-state index in [-0.39, 0.29) is 23.4 Å². The minimum atomic E-state index is -0.315. The molecule has 3 aromatic rings. The molecule has 1 aromatic heterocycles. The average Bonchev–Trinajstić information content (AvgIpc) is 3.26. The maximum atomic E-state index is 13.4. The number of nitrogens with one attached hydrogen (secondary N) is 2. The second kappa shape index (κ2) is 11.9. The first kappa shape index (κ1) is 24.8. The molecule has 0 spiro atoms. The van der Waals surface area contributed by atoms with Gasteiger partial charge in [-0.15, -0.1) is 10.2 Å². The van der Waals surface area contributed by atoms with Gasteiger partial charge in [0.2, 0.25) is 11.8 Å². The summed E-state index contributed by atoms with van der Waals surface area (Å²) in [5, 5.41) is 14.8. The number of hydrogen-bond acceptors (Lipinski definition) is 7. The van der Waals surface area contributed by atoms with Crippen LogP contribution < -0.4 is 10.6 Å². The fourth-order valence-corrected chi connectivity index (χ4v) is 4.41. The van der Waals surface area contributed by atoms with E-state index in [1.54, 1.807) is 36.4 Å². The van der Waals surface area contributed by atoms with E-state index in [1.165, 1.54) is 30.8 Å². The van der Waals surface area contributed by atoms with Crippen molar-refractivity contribution in [3.63, 3.8) is 0 Å². The molecule has 0 radical (unpaired) electrons. The number of aromatic nitrogens is 3. The molecule has 1 aliphatic heterocycles. The van der Waals surface area contributed by atoms with Crippen molar-refractivity contribution in [2.45, 2.75) is 18.6 Å². The van der Waals surface area contributed by atoms with Gasteiger partial charge in [0.25, 0.3) is 0 Å². The van der Waals surface area contributed by atoms with E-state index in [4.69, 9.17) is 4.74 Å². The zero-order valence-corrected chi connectivity index (χ0v) is 20.2. The Labute approximate surface area is 207 Å². The van der Waals surface area contributed by atoms with Crippen LogP contribution in [0.5, 0.6) is 0 Å². The fraction of sp³-hybridized carbons (Fsp3) is 0.333. The smallest absolute Gasteiger partial charge is 0.234 e. The number of carbonyl (C=O) groups is 2. The zero-order chi connectivity index (χ0) is 24.6. The van der Waals surface area contributed by atoms with Crippen molar-refractivity contribution in [1.82, 2.24) is 19.7 Å². The van der Waals surface area contributed by atoms with Crippen molar-refractivity contribution < 1.29 is 18.7 Å². The van der Waals surface area contributed by atoms with Gasteiger partial charge in [0, 0.05) is 50.0 Å². The molecule has 0 unspecified atom stereocenters. The molecule has 1 saturated heterocycles. The van der Waals surface area contributed by atoms with Crippen LogP contribution in [0.2, 0.25) is 0 Å². The molecule has 1 fully saturated rings. The maximum Gasteiger partial charge on any atom is 0.234 e. The van der Waals surface area contributed by atoms with Crippen LogP contribution in [0.15, 0.2) is 53.7 Å². The van der Waals surface area contributed by atoms with Crippen LogP contribution in [0.1, 0.15) is 6.92 Å². The number of thioether (sulfide) groups is 1. The van der Waals surface area contributed by atoms with Gasteiger partial charge in [-0.1, -0.05) is 11.8 Å². The van der Waals surface area contributed by atoms with Crippen LogP contribution in [0.25, 0.3) is 11.4 Å². The molecular weight excluding hydrogens is 471 g/mol. The Hall–Kier alpha value is -3.28. The summed E-state index contributed by atoms with van der Waals surface area (Å²) in [6, 6.07) is 13.0. The molecular formula is C24H27FN6O3S. The number of benzene rings is 2. The summed E-state index contributed by atoms with van der Waals surface area (Å²) in [5.41, 5.74) is 2.05. The van der Waals surface area contributed by atoms with Gasteiger partial charge in [-0.3, -0.25) is 14.5 Å². The number of halogens is 1. The van der Waals surface area contributed by atoms with Crippen LogP contribution in [0, 0.1) is 5.82 Å². The second-order valence-corrected chi connectivity index (χ2v) is 8.96. The summed E-state index contributed by atoms with van der Waals surface area (Å²) in [6.45, 7) is 6.00. The topological polar surface area (TPSA) is 101 Å². The zero-order valence-electron chi connectivity index (χ0n) is 19.4. The molecule has 0 bridgehead atoms. The van der Waals surface area contributed by atoms with Gasteiger partial charge in [-0.25, -0.2) is 4.39 Å². The maximum absolute atomic E-state index is 13.4. The summed E-state index contributed by atoms with van der Waals surface area (Å²) >= 11 is 1.29. The minimum Gasteiger partial charge on any atom is -0.379 e. The number of morpholine rings is 1. The third kappa shape index (κ3) is 7.10. The van der Waals surface area contributed by atoms with Crippen molar-refractivity contribution in [3.8, 4) is 11.4 Å². The monoisotopic (exact) mass is 498 g/mol. The molecule has 11 heteroatoms. The Balaban J connectivity index is 1.42. The molecule has 4 rings (SSSR count). The Bertz CT molecular complexity index is 1150. The molecule has 0 saturated carbocycles. The third-order valence-corrected chi connectivity index (χ3v) is 6.35. The van der Waals surface area contributed by atoms with Gasteiger partial charge in [-0.05, 0) is 48.5 Å². The third-order valence-electron chi connectivity index (χ3n) is 5.38. The lowest BCUT2D eigenvalue weighted by atomic mass is 10.2. The number of rotatable bonds is 9. The molecule has 0 aliphatic carbocycles. The molecule has 1 aliphatic rings. The van der Waals surface area contributed by atoms with Gasteiger partial charge in [-0.2, -0.15) is 0 Å². The van der Waals surface area contributed by atoms with Crippen LogP contribution in [0.4, 0.5) is 15.8 Å². The number of amides is 2. The molecule has 184 valence electrons. The molecule has 2 N–H and O–H groups in total. The number of nitrogens with zero attached hydrogens (tertiary/aromatic N) is 4. The van der Waals surface area contributed by atoms with Gasteiger partial charge in [0.05, 0.1) is 19.0 Å². The summed E-state index contributed by atoms with van der Waals surface area (Å²) in [4.78, 5) is 26.0. The number of carbonyl (C=O) groups excluding carboxylic acids is 2. The lowest BCUT2D eigenvalue weighted by Gasteiger charge is -2.27. The first-order chi connectivity index (χ1) is 17.0. The average molecular weight is 499 g/mol. The number of ether oxygens (including phenoxy) is 1. The van der Waals surface area contributed by atoms with E-state index in [0.717, 1.165) is 25.2 Å². The molecule has 2 amide bonds. The van der Waals surface area contributed by atoms with E-state index < -0.39 is 0 Å². The fourth-order valence-electron chi connectivity index (χ4n) is 3.64. The number of anilines is 2. The van der Waals surface area contributed by atoms with Gasteiger partial charge >= 0.3 is 0 Å². The minimum absolute atomic E-state index is 0.145. The quantitative estimate of drug-likeness (QED) is 0.437. The van der Waals surface area contributed by atoms with Crippen molar-refractivity contribution in [1.29, 1.82) is 0 Å². The highest BCUT2D eigenvalue weighted by molar-refractivity contribution is 7.99. The first-order valence-corrected chi connectivity index (χ1v) is 12.3. The molecule has 35 heavy (non-hydrogen) atoms. The lowest BCUT2D eigenvalue weighted by molar-refractivity contribution is -0.114. The van der Waals surface area contributed by atoms with Gasteiger partial charge < -0.3 is 19.9 Å². The second-order valence-electron chi connectivity index (χ2n) is 8.01. The Morgan fingerprint density at radius 2 is 1.63 bits per heavy atom. The van der Waals surface area contributed by atoms with Crippen LogP contribution in [-0.4, -0.2) is 70.1 Å².